The summed E-state index contributed by atoms with van der Waals surface area (Å²) >= 11 is 6.23. The monoisotopic (exact) mass is 438 g/mol. The van der Waals surface area contributed by atoms with Gasteiger partial charge in [-0.2, -0.15) is 0 Å². The maximum absolute atomic E-state index is 6.23. The van der Waals surface area contributed by atoms with Crippen molar-refractivity contribution in [3.63, 3.8) is 0 Å². The minimum Gasteiger partial charge on any atom is -0.496 e. The molecule has 2 N–H and O–H groups in total. The fraction of sp³-hybridized carbons (Fsp3) is 0.571. The molecule has 4 aliphatic rings. The van der Waals surface area contributed by atoms with E-state index in [-0.39, 0.29) is 0 Å². The summed E-state index contributed by atoms with van der Waals surface area (Å²) in [6.07, 6.45) is 9.50. The normalized spacial score (nSPS) is 33.3. The number of hydrogen-bond donors (Lipinski definition) is 1. The molecule has 0 heterocycles. The van der Waals surface area contributed by atoms with Crippen molar-refractivity contribution in [1.82, 2.24) is 0 Å². The van der Waals surface area contributed by atoms with Crippen LogP contribution in [0.3, 0.4) is 0 Å². The first-order valence-electron chi connectivity index (χ1n) is 12.1. The lowest BCUT2D eigenvalue weighted by atomic mass is 9.41. The van der Waals surface area contributed by atoms with Gasteiger partial charge in [0.2, 0.25) is 0 Å². The summed E-state index contributed by atoms with van der Waals surface area (Å²) in [6, 6.07) is 18.5. The summed E-state index contributed by atoms with van der Waals surface area (Å²) in [5.74, 6) is 2.82. The predicted molar refractivity (Wildman–Crippen MR) is 128 cm³/mol. The highest BCUT2D eigenvalue weighted by molar-refractivity contribution is 6.30. The summed E-state index contributed by atoms with van der Waals surface area (Å²) in [6.45, 7) is 4.90. The smallest absolute Gasteiger partial charge is 0.122 e. The SMILES string of the molecule is COc1ccccc1C[C@@H](C)[NH2+][C@@H](C)C12C[C@@H]3C[C@@H](CC(c4ccc(Cl)cc4)(C3)C1)C2. The lowest BCUT2D eigenvalue weighted by Gasteiger charge is -2.63. The quantitative estimate of drug-likeness (QED) is 0.583. The largest absolute Gasteiger partial charge is 0.496 e. The summed E-state index contributed by atoms with van der Waals surface area (Å²) in [5.41, 5.74) is 3.72. The predicted octanol–water partition coefficient (Wildman–Crippen LogP) is 5.77. The van der Waals surface area contributed by atoms with Crippen LogP contribution < -0.4 is 10.1 Å². The van der Waals surface area contributed by atoms with Gasteiger partial charge in [-0.05, 0) is 98.9 Å². The van der Waals surface area contributed by atoms with E-state index in [1.807, 2.05) is 0 Å². The number of quaternary nitrogens is 1. The molecule has 3 heteroatoms. The summed E-state index contributed by atoms with van der Waals surface area (Å²) in [7, 11) is 1.78. The van der Waals surface area contributed by atoms with Gasteiger partial charge in [0.1, 0.15) is 5.75 Å². The molecular formula is C28H37ClNO+. The van der Waals surface area contributed by atoms with E-state index in [1.165, 1.54) is 44.1 Å². The topological polar surface area (TPSA) is 25.8 Å². The van der Waals surface area contributed by atoms with Crippen molar-refractivity contribution in [1.29, 1.82) is 0 Å². The van der Waals surface area contributed by atoms with Crippen LogP contribution in [0.5, 0.6) is 5.75 Å². The molecule has 6 atom stereocenters. The van der Waals surface area contributed by atoms with E-state index in [1.54, 1.807) is 12.7 Å². The van der Waals surface area contributed by atoms with E-state index in [4.69, 9.17) is 16.3 Å². The molecule has 31 heavy (non-hydrogen) atoms. The third-order valence-electron chi connectivity index (χ3n) is 8.88. The Labute approximate surface area is 192 Å². The number of methoxy groups -OCH3 is 1. The number of hydrogen-bond acceptors (Lipinski definition) is 1. The second-order valence-corrected chi connectivity index (χ2v) is 11.5. The summed E-state index contributed by atoms with van der Waals surface area (Å²) in [4.78, 5) is 0. The van der Waals surface area contributed by atoms with Crippen LogP contribution in [-0.4, -0.2) is 19.2 Å². The molecule has 0 saturated heterocycles. The summed E-state index contributed by atoms with van der Waals surface area (Å²) < 4.78 is 5.60. The Morgan fingerprint density at radius 2 is 1.68 bits per heavy atom. The van der Waals surface area contributed by atoms with Gasteiger partial charge in [-0.25, -0.2) is 0 Å². The first-order chi connectivity index (χ1) is 14.9. The second kappa shape index (κ2) is 8.12. The minimum atomic E-state index is 0.378. The van der Waals surface area contributed by atoms with Crippen LogP contribution in [0.1, 0.15) is 63.5 Å². The van der Waals surface area contributed by atoms with Crippen LogP contribution in [0, 0.1) is 17.3 Å². The van der Waals surface area contributed by atoms with Crippen molar-refractivity contribution in [3.05, 3.63) is 64.7 Å². The van der Waals surface area contributed by atoms with Crippen LogP contribution in [0.4, 0.5) is 0 Å². The zero-order valence-electron chi connectivity index (χ0n) is 19.2. The fourth-order valence-electron chi connectivity index (χ4n) is 7.99. The number of nitrogens with two attached hydrogens (primary N) is 1. The van der Waals surface area contributed by atoms with Gasteiger partial charge >= 0.3 is 0 Å². The van der Waals surface area contributed by atoms with Crippen molar-refractivity contribution >= 4 is 11.6 Å². The molecular weight excluding hydrogens is 402 g/mol. The molecule has 4 fully saturated rings. The standard InChI is InChI=1S/C28H36ClNO/c1-19(12-23-6-4-5-7-26(23)31-3)30-20(2)27-14-21-13-22(15-27)17-28(16-21,18-27)24-8-10-25(29)11-9-24/h4-11,19-22,30H,12-18H2,1-3H3/p+1/t19-,20+,21-,22+,27?,28?/m1/s1. The molecule has 0 radical (unpaired) electrons. The molecule has 4 bridgehead atoms. The zero-order chi connectivity index (χ0) is 21.6. The minimum absolute atomic E-state index is 0.378. The highest BCUT2D eigenvalue weighted by Gasteiger charge is 2.60. The van der Waals surface area contributed by atoms with Gasteiger partial charge in [0.15, 0.2) is 0 Å². The van der Waals surface area contributed by atoms with Crippen molar-refractivity contribution in [2.45, 2.75) is 76.3 Å². The van der Waals surface area contributed by atoms with E-state index < -0.39 is 0 Å². The van der Waals surface area contributed by atoms with Crippen molar-refractivity contribution < 1.29 is 10.1 Å². The van der Waals surface area contributed by atoms with Crippen molar-refractivity contribution in [2.75, 3.05) is 7.11 Å². The highest BCUT2D eigenvalue weighted by atomic mass is 35.5. The first kappa shape index (κ1) is 21.3. The number of para-hydroxylation sites is 1. The average Bonchev–Trinajstić information content (AvgIpc) is 2.73. The molecule has 6 rings (SSSR count). The molecule has 4 saturated carbocycles. The van der Waals surface area contributed by atoms with Crippen LogP contribution in [-0.2, 0) is 11.8 Å². The fourth-order valence-corrected chi connectivity index (χ4v) is 8.12. The maximum Gasteiger partial charge on any atom is 0.122 e. The van der Waals surface area contributed by atoms with Crippen molar-refractivity contribution in [2.24, 2.45) is 17.3 Å². The molecule has 0 aliphatic heterocycles. The molecule has 4 aliphatic carbocycles. The van der Waals surface area contributed by atoms with Gasteiger partial charge in [-0.15, -0.1) is 0 Å². The second-order valence-electron chi connectivity index (χ2n) is 11.1. The van der Waals surface area contributed by atoms with Gasteiger partial charge in [0.05, 0.1) is 19.2 Å². The number of benzene rings is 2. The van der Waals surface area contributed by atoms with Gasteiger partial charge in [0, 0.05) is 16.9 Å². The first-order valence-corrected chi connectivity index (χ1v) is 12.5. The van der Waals surface area contributed by atoms with E-state index in [0.29, 0.717) is 22.9 Å². The Hall–Kier alpha value is -1.51. The van der Waals surface area contributed by atoms with E-state index >= 15 is 0 Å². The molecule has 2 aromatic carbocycles. The third-order valence-corrected chi connectivity index (χ3v) is 9.13. The molecule has 0 spiro atoms. The van der Waals surface area contributed by atoms with Crippen LogP contribution in [0.15, 0.2) is 48.5 Å². The Morgan fingerprint density at radius 3 is 2.35 bits per heavy atom. The molecule has 2 aromatic rings. The molecule has 166 valence electrons. The Bertz CT molecular complexity index is 909. The van der Waals surface area contributed by atoms with Gasteiger partial charge in [-0.1, -0.05) is 41.9 Å². The Morgan fingerprint density at radius 1 is 1.00 bits per heavy atom. The summed E-state index contributed by atoms with van der Waals surface area (Å²) in [5, 5.41) is 3.53. The third kappa shape index (κ3) is 3.91. The van der Waals surface area contributed by atoms with Gasteiger partial charge in [-0.3, -0.25) is 0 Å². The number of ether oxygens (including phenoxy) is 1. The van der Waals surface area contributed by atoms with E-state index in [9.17, 15) is 0 Å². The number of rotatable bonds is 7. The molecule has 2 unspecified atom stereocenters. The maximum atomic E-state index is 6.23. The van der Waals surface area contributed by atoms with Gasteiger partial charge < -0.3 is 10.1 Å². The van der Waals surface area contributed by atoms with Gasteiger partial charge in [0.25, 0.3) is 0 Å². The number of halogens is 1. The van der Waals surface area contributed by atoms with Crippen LogP contribution in [0.2, 0.25) is 5.02 Å². The molecule has 2 nitrogen and oxygen atoms in total. The van der Waals surface area contributed by atoms with Crippen LogP contribution >= 0.6 is 11.6 Å². The van der Waals surface area contributed by atoms with Crippen LogP contribution in [0.25, 0.3) is 0 Å². The molecule has 0 amide bonds. The Balaban J connectivity index is 1.35. The highest BCUT2D eigenvalue weighted by Crippen LogP contribution is 2.66. The van der Waals surface area contributed by atoms with Crippen molar-refractivity contribution in [3.8, 4) is 5.75 Å². The van der Waals surface area contributed by atoms with E-state index in [0.717, 1.165) is 29.0 Å². The average molecular weight is 439 g/mol. The lowest BCUT2D eigenvalue weighted by molar-refractivity contribution is -0.730. The molecule has 0 aromatic heterocycles. The zero-order valence-corrected chi connectivity index (χ0v) is 20.0. The van der Waals surface area contributed by atoms with E-state index in [2.05, 4.69) is 67.7 Å². The lowest BCUT2D eigenvalue weighted by Crippen LogP contribution is -2.97. The Kier molecular flexibility index (Phi) is 5.59.